The number of nitro benzene ring substituents is 1. The Morgan fingerprint density at radius 1 is 1.54 bits per heavy atom. The summed E-state index contributed by atoms with van der Waals surface area (Å²) in [7, 11) is 0. The van der Waals surface area contributed by atoms with E-state index in [2.05, 4.69) is 5.32 Å². The van der Waals surface area contributed by atoms with E-state index in [1.54, 1.807) is 20.8 Å². The summed E-state index contributed by atoms with van der Waals surface area (Å²) >= 11 is 5.85. The van der Waals surface area contributed by atoms with Gasteiger partial charge in [0.15, 0.2) is 5.69 Å². The van der Waals surface area contributed by atoms with Crippen LogP contribution in [-0.4, -0.2) is 59.0 Å². The number of benzene rings is 1. The number of carbonyl (C=O) groups excluding carboxylic acids is 1. The van der Waals surface area contributed by atoms with Crippen molar-refractivity contribution in [3.8, 4) is 5.75 Å². The van der Waals surface area contributed by atoms with Crippen molar-refractivity contribution in [2.45, 2.75) is 32.5 Å². The summed E-state index contributed by atoms with van der Waals surface area (Å²) in [6, 6.07) is 2.52. The average molecular weight is 388 g/mol. The average Bonchev–Trinajstić information content (AvgIpc) is 2.53. The number of carbonyl (C=O) groups is 1. The van der Waals surface area contributed by atoms with Crippen LogP contribution in [0.15, 0.2) is 12.1 Å². The van der Waals surface area contributed by atoms with Crippen molar-refractivity contribution in [2.75, 3.05) is 31.6 Å². The number of hydrogen-bond donors (Lipinski definition) is 2. The molecule has 1 fully saturated rings. The zero-order valence-electron chi connectivity index (χ0n) is 14.8. The molecule has 0 aliphatic carbocycles. The van der Waals surface area contributed by atoms with Crippen molar-refractivity contribution in [1.82, 2.24) is 4.90 Å². The van der Waals surface area contributed by atoms with Gasteiger partial charge in [-0.25, -0.2) is 4.79 Å². The molecule has 1 aromatic rings. The van der Waals surface area contributed by atoms with Crippen LogP contribution < -0.4 is 5.32 Å². The third-order valence-corrected chi connectivity index (χ3v) is 3.89. The Morgan fingerprint density at radius 2 is 2.23 bits per heavy atom. The zero-order chi connectivity index (χ0) is 19.5. The van der Waals surface area contributed by atoms with E-state index in [1.807, 2.05) is 0 Å². The molecule has 1 aliphatic rings. The van der Waals surface area contributed by atoms with Gasteiger partial charge in [-0.3, -0.25) is 10.1 Å². The maximum absolute atomic E-state index is 12.2. The van der Waals surface area contributed by atoms with Gasteiger partial charge in [0.1, 0.15) is 16.4 Å². The number of phenolic OH excluding ortho intramolecular Hbond substituents is 1. The van der Waals surface area contributed by atoms with E-state index >= 15 is 0 Å². The molecule has 0 bridgehead atoms. The van der Waals surface area contributed by atoms with E-state index in [1.165, 1.54) is 17.0 Å². The lowest BCUT2D eigenvalue weighted by atomic mass is 10.2. The summed E-state index contributed by atoms with van der Waals surface area (Å²) in [5.74, 6) is -0.291. The molecule has 10 heteroatoms. The highest BCUT2D eigenvalue weighted by Crippen LogP contribution is 2.39. The molecule has 1 aliphatic heterocycles. The molecule has 0 unspecified atom stereocenters. The Morgan fingerprint density at radius 3 is 2.85 bits per heavy atom. The maximum atomic E-state index is 12.2. The number of anilines is 1. The van der Waals surface area contributed by atoms with Crippen LogP contribution in [0.4, 0.5) is 16.2 Å². The van der Waals surface area contributed by atoms with Crippen molar-refractivity contribution < 1.29 is 24.3 Å². The molecule has 1 amide bonds. The van der Waals surface area contributed by atoms with Crippen molar-refractivity contribution in [3.05, 3.63) is 27.3 Å². The molecule has 26 heavy (non-hydrogen) atoms. The number of ether oxygens (including phenoxy) is 2. The van der Waals surface area contributed by atoms with Crippen molar-refractivity contribution in [2.24, 2.45) is 0 Å². The second-order valence-corrected chi connectivity index (χ2v) is 7.25. The highest BCUT2D eigenvalue weighted by molar-refractivity contribution is 6.33. The molecule has 2 rings (SSSR count). The quantitative estimate of drug-likeness (QED) is 0.463. The van der Waals surface area contributed by atoms with Crippen LogP contribution >= 0.6 is 11.6 Å². The minimum atomic E-state index is -0.668. The standard InChI is InChI=1S/C16H22ClN3O6/c1-16(2,3)26-15(22)19-6-7-25-10(9-19)8-18-13-12(21)5-4-11(17)14(13)20(23)24/h4-5,10,18,21H,6-9H2,1-3H3/t10-/m1/s1. The summed E-state index contributed by atoms with van der Waals surface area (Å²) in [5, 5.41) is 23.8. The van der Waals surface area contributed by atoms with E-state index in [9.17, 15) is 20.0 Å². The third kappa shape index (κ3) is 5.12. The maximum Gasteiger partial charge on any atom is 0.410 e. The fraction of sp³-hybridized carbons (Fsp3) is 0.562. The van der Waals surface area contributed by atoms with E-state index < -0.39 is 28.4 Å². The lowest BCUT2D eigenvalue weighted by molar-refractivity contribution is -0.383. The lowest BCUT2D eigenvalue weighted by Gasteiger charge is -2.34. The summed E-state index contributed by atoms with van der Waals surface area (Å²) in [6.07, 6.45) is -0.864. The van der Waals surface area contributed by atoms with Crippen molar-refractivity contribution in [3.63, 3.8) is 0 Å². The molecule has 1 aromatic carbocycles. The normalized spacial score (nSPS) is 17.7. The monoisotopic (exact) mass is 387 g/mol. The molecule has 1 heterocycles. The highest BCUT2D eigenvalue weighted by Gasteiger charge is 2.29. The van der Waals surface area contributed by atoms with Gasteiger partial charge in [0.05, 0.1) is 24.2 Å². The van der Waals surface area contributed by atoms with Gasteiger partial charge in [-0.15, -0.1) is 0 Å². The fourth-order valence-electron chi connectivity index (χ4n) is 2.46. The van der Waals surface area contributed by atoms with Crippen LogP contribution in [0.2, 0.25) is 5.02 Å². The molecule has 0 saturated carbocycles. The van der Waals surface area contributed by atoms with Crippen molar-refractivity contribution in [1.29, 1.82) is 0 Å². The number of phenols is 1. The number of morpholine rings is 1. The zero-order valence-corrected chi connectivity index (χ0v) is 15.6. The van der Waals surface area contributed by atoms with Gasteiger partial charge < -0.3 is 24.8 Å². The molecular formula is C16H22ClN3O6. The predicted molar refractivity (Wildman–Crippen MR) is 95.8 cm³/mol. The van der Waals surface area contributed by atoms with Crippen LogP contribution in [0, 0.1) is 10.1 Å². The van der Waals surface area contributed by atoms with E-state index in [-0.39, 0.29) is 29.5 Å². The molecule has 1 saturated heterocycles. The number of rotatable bonds is 4. The van der Waals surface area contributed by atoms with Gasteiger partial charge in [-0.2, -0.15) is 0 Å². The minimum Gasteiger partial charge on any atom is -0.506 e. The highest BCUT2D eigenvalue weighted by atomic mass is 35.5. The van der Waals surface area contributed by atoms with Gasteiger partial charge in [0.25, 0.3) is 0 Å². The number of hydrogen-bond acceptors (Lipinski definition) is 7. The Bertz CT molecular complexity index is 691. The van der Waals surface area contributed by atoms with Crippen LogP contribution in [0.1, 0.15) is 20.8 Å². The second kappa shape index (κ2) is 7.96. The first kappa shape index (κ1) is 20.1. The second-order valence-electron chi connectivity index (χ2n) is 6.85. The Kier molecular flexibility index (Phi) is 6.14. The Balaban J connectivity index is 2.03. The first-order valence-corrected chi connectivity index (χ1v) is 8.45. The number of nitro groups is 1. The molecule has 0 spiro atoms. The molecule has 0 radical (unpaired) electrons. The first-order valence-electron chi connectivity index (χ1n) is 8.07. The number of nitrogens with zero attached hydrogens (tertiary/aromatic N) is 2. The van der Waals surface area contributed by atoms with Crippen LogP contribution in [0.5, 0.6) is 5.75 Å². The predicted octanol–water partition coefficient (Wildman–Crippen LogP) is 3.00. The van der Waals surface area contributed by atoms with Gasteiger partial charge in [0.2, 0.25) is 0 Å². The van der Waals surface area contributed by atoms with Crippen LogP contribution in [0.25, 0.3) is 0 Å². The largest absolute Gasteiger partial charge is 0.506 e. The topological polar surface area (TPSA) is 114 Å². The molecule has 2 N–H and O–H groups in total. The van der Waals surface area contributed by atoms with Crippen molar-refractivity contribution >= 4 is 29.1 Å². The summed E-state index contributed by atoms with van der Waals surface area (Å²) < 4.78 is 10.9. The third-order valence-electron chi connectivity index (χ3n) is 3.59. The molecule has 144 valence electrons. The van der Waals surface area contributed by atoms with Gasteiger partial charge >= 0.3 is 11.8 Å². The lowest BCUT2D eigenvalue weighted by Crippen LogP contribution is -2.49. The number of aromatic hydroxyl groups is 1. The van der Waals surface area contributed by atoms with E-state index in [4.69, 9.17) is 21.1 Å². The Hall–Kier alpha value is -2.26. The SMILES string of the molecule is CC(C)(C)OC(=O)N1CCO[C@H](CNc2c(O)ccc(Cl)c2[N+](=O)[O-])C1. The molecule has 0 aromatic heterocycles. The minimum absolute atomic E-state index is 0.0829. The van der Waals surface area contributed by atoms with Gasteiger partial charge in [-0.1, -0.05) is 11.6 Å². The fourth-order valence-corrected chi connectivity index (χ4v) is 2.69. The van der Waals surface area contributed by atoms with Gasteiger partial charge in [-0.05, 0) is 32.9 Å². The summed E-state index contributed by atoms with van der Waals surface area (Å²) in [4.78, 5) is 24.2. The number of halogens is 1. The molecule has 1 atom stereocenters. The van der Waals surface area contributed by atoms with Gasteiger partial charge in [0, 0.05) is 13.1 Å². The summed E-state index contributed by atoms with van der Waals surface area (Å²) in [6.45, 7) is 6.47. The smallest absolute Gasteiger partial charge is 0.410 e. The summed E-state index contributed by atoms with van der Waals surface area (Å²) in [5.41, 5.74) is -1.09. The van der Waals surface area contributed by atoms with Crippen LogP contribution in [-0.2, 0) is 9.47 Å². The van der Waals surface area contributed by atoms with Crippen LogP contribution in [0.3, 0.4) is 0 Å². The van der Waals surface area contributed by atoms with E-state index in [0.29, 0.717) is 13.2 Å². The Labute approximate surface area is 156 Å². The van der Waals surface area contributed by atoms with E-state index in [0.717, 1.165) is 0 Å². The number of nitrogens with one attached hydrogen (secondary N) is 1. The molecular weight excluding hydrogens is 366 g/mol. The molecule has 9 nitrogen and oxygen atoms in total. The number of amides is 1. The first-order chi connectivity index (χ1) is 12.1.